The van der Waals surface area contributed by atoms with Crippen LogP contribution in [0.3, 0.4) is 0 Å². The molecule has 3 aromatic rings. The van der Waals surface area contributed by atoms with Crippen molar-refractivity contribution < 1.29 is 22.3 Å². The van der Waals surface area contributed by atoms with E-state index in [2.05, 4.69) is 24.6 Å². The van der Waals surface area contributed by atoms with E-state index in [0.29, 0.717) is 29.7 Å². The van der Waals surface area contributed by atoms with Gasteiger partial charge in [0.2, 0.25) is 15.9 Å². The number of carbonyl (C=O) groups is 1. The van der Waals surface area contributed by atoms with Crippen LogP contribution in [0.1, 0.15) is 45.4 Å². The summed E-state index contributed by atoms with van der Waals surface area (Å²) in [6, 6.07) is 8.44. The summed E-state index contributed by atoms with van der Waals surface area (Å²) in [6.07, 6.45) is 6.67. The molecule has 0 radical (unpaired) electrons. The number of hydrogen-bond donors (Lipinski definition) is 2. The SMILES string of the molecule is CCS(=O)(=O)NC(=O)C1CCC(OC2CCN(c3ccc(-c4nc5ccc(F)cc5[nH]4)cn3)CC2)CC1. The summed E-state index contributed by atoms with van der Waals surface area (Å²) >= 11 is 0. The molecular formula is C26H32FN5O4S. The fourth-order valence-corrected chi connectivity index (χ4v) is 5.71. The molecule has 37 heavy (non-hydrogen) atoms. The van der Waals surface area contributed by atoms with Crippen molar-refractivity contribution in [2.24, 2.45) is 5.92 Å². The Morgan fingerprint density at radius 3 is 2.51 bits per heavy atom. The zero-order chi connectivity index (χ0) is 26.0. The van der Waals surface area contributed by atoms with Crippen LogP contribution in [0.25, 0.3) is 22.4 Å². The molecule has 2 aliphatic rings. The first-order chi connectivity index (χ1) is 17.8. The number of nitrogens with one attached hydrogen (secondary N) is 2. The van der Waals surface area contributed by atoms with Crippen molar-refractivity contribution >= 4 is 32.8 Å². The molecule has 1 aliphatic heterocycles. The van der Waals surface area contributed by atoms with E-state index >= 15 is 0 Å². The van der Waals surface area contributed by atoms with Crippen molar-refractivity contribution in [2.45, 2.75) is 57.7 Å². The number of pyridine rings is 1. The van der Waals surface area contributed by atoms with E-state index in [-0.39, 0.29) is 35.6 Å². The quantitative estimate of drug-likeness (QED) is 0.478. The molecule has 2 fully saturated rings. The molecule has 2 aromatic heterocycles. The standard InChI is InChI=1S/C26H32FN5O4S/c1-2-37(34,35)31-26(33)17-3-7-20(8-4-17)36-21-11-13-32(14-12-21)24-10-5-18(16-28-24)25-29-22-9-6-19(27)15-23(22)30-25/h5-6,9-10,15-17,20-21H,2-4,7-8,11-14H2,1H3,(H,29,30)(H,31,33). The lowest BCUT2D eigenvalue weighted by Crippen LogP contribution is -2.41. The number of aromatic amines is 1. The van der Waals surface area contributed by atoms with Gasteiger partial charge in [-0.25, -0.2) is 22.8 Å². The Kier molecular flexibility index (Phi) is 7.43. The number of imidazole rings is 1. The fourth-order valence-electron chi connectivity index (χ4n) is 5.09. The highest BCUT2D eigenvalue weighted by molar-refractivity contribution is 7.90. The lowest BCUT2D eigenvalue weighted by molar-refractivity contribution is -0.125. The van der Waals surface area contributed by atoms with E-state index in [4.69, 9.17) is 4.74 Å². The highest BCUT2D eigenvalue weighted by Gasteiger charge is 2.31. The predicted molar refractivity (Wildman–Crippen MR) is 139 cm³/mol. The molecule has 5 rings (SSSR count). The number of H-pyrrole nitrogens is 1. The van der Waals surface area contributed by atoms with E-state index < -0.39 is 10.0 Å². The summed E-state index contributed by atoms with van der Waals surface area (Å²) in [5, 5.41) is 0. The van der Waals surface area contributed by atoms with Gasteiger partial charge >= 0.3 is 0 Å². The molecule has 0 bridgehead atoms. The van der Waals surface area contributed by atoms with Gasteiger partial charge in [-0.15, -0.1) is 0 Å². The number of anilines is 1. The second-order valence-corrected chi connectivity index (χ2v) is 11.8. The van der Waals surface area contributed by atoms with Crippen LogP contribution in [0.15, 0.2) is 36.5 Å². The first-order valence-electron chi connectivity index (χ1n) is 12.9. The average molecular weight is 530 g/mol. The minimum absolute atomic E-state index is 0.0981. The third kappa shape index (κ3) is 6.10. The van der Waals surface area contributed by atoms with Gasteiger partial charge in [-0.1, -0.05) is 0 Å². The lowest BCUT2D eigenvalue weighted by atomic mass is 9.87. The first-order valence-corrected chi connectivity index (χ1v) is 14.5. The lowest BCUT2D eigenvalue weighted by Gasteiger charge is -2.36. The van der Waals surface area contributed by atoms with Crippen LogP contribution in [-0.4, -0.2) is 60.3 Å². The average Bonchev–Trinajstić information content (AvgIpc) is 3.33. The molecule has 0 atom stereocenters. The van der Waals surface area contributed by atoms with Crippen LogP contribution in [0.4, 0.5) is 10.2 Å². The van der Waals surface area contributed by atoms with Crippen molar-refractivity contribution in [3.8, 4) is 11.4 Å². The van der Waals surface area contributed by atoms with Crippen molar-refractivity contribution in [3.63, 3.8) is 0 Å². The van der Waals surface area contributed by atoms with Crippen LogP contribution in [-0.2, 0) is 19.6 Å². The Morgan fingerprint density at radius 2 is 1.84 bits per heavy atom. The summed E-state index contributed by atoms with van der Waals surface area (Å²) in [5.41, 5.74) is 2.21. The highest BCUT2D eigenvalue weighted by atomic mass is 32.2. The summed E-state index contributed by atoms with van der Waals surface area (Å²) in [6.45, 7) is 3.20. The molecule has 1 amide bonds. The minimum atomic E-state index is -3.51. The van der Waals surface area contributed by atoms with Gasteiger partial charge in [0.15, 0.2) is 0 Å². The van der Waals surface area contributed by atoms with Gasteiger partial charge in [-0.05, 0) is 75.8 Å². The number of carbonyl (C=O) groups excluding carboxylic acids is 1. The summed E-state index contributed by atoms with van der Waals surface area (Å²) in [5.74, 6) is 0.505. The second kappa shape index (κ2) is 10.7. The number of ether oxygens (including phenoxy) is 1. The Morgan fingerprint density at radius 1 is 1.11 bits per heavy atom. The van der Waals surface area contributed by atoms with E-state index in [9.17, 15) is 17.6 Å². The van der Waals surface area contributed by atoms with Crippen LogP contribution in [0.5, 0.6) is 0 Å². The number of rotatable bonds is 7. The van der Waals surface area contributed by atoms with Gasteiger partial charge in [0.05, 0.1) is 29.0 Å². The summed E-state index contributed by atoms with van der Waals surface area (Å²) in [7, 11) is -3.51. The van der Waals surface area contributed by atoms with Gasteiger partial charge in [0.1, 0.15) is 17.5 Å². The normalized spacial score (nSPS) is 21.3. The molecule has 1 saturated carbocycles. The fraction of sp³-hybridized carbons (Fsp3) is 0.500. The maximum Gasteiger partial charge on any atom is 0.236 e. The van der Waals surface area contributed by atoms with Crippen molar-refractivity contribution in [1.29, 1.82) is 0 Å². The monoisotopic (exact) mass is 529 g/mol. The number of piperidine rings is 1. The molecule has 3 heterocycles. The molecule has 2 N–H and O–H groups in total. The van der Waals surface area contributed by atoms with E-state index in [1.807, 2.05) is 12.1 Å². The van der Waals surface area contributed by atoms with Crippen LogP contribution >= 0.6 is 0 Å². The Balaban J connectivity index is 1.09. The van der Waals surface area contributed by atoms with Crippen molar-refractivity contribution in [3.05, 3.63) is 42.3 Å². The molecular weight excluding hydrogens is 497 g/mol. The molecule has 0 unspecified atom stereocenters. The van der Waals surface area contributed by atoms with Gasteiger partial charge in [-0.3, -0.25) is 9.52 Å². The number of halogens is 1. The molecule has 9 nitrogen and oxygen atoms in total. The Bertz CT molecular complexity index is 1350. The molecule has 0 spiro atoms. The van der Waals surface area contributed by atoms with Crippen LogP contribution in [0.2, 0.25) is 0 Å². The maximum absolute atomic E-state index is 13.5. The first kappa shape index (κ1) is 25.6. The van der Waals surface area contributed by atoms with Gasteiger partial charge < -0.3 is 14.6 Å². The number of fused-ring (bicyclic) bond motifs is 1. The third-order valence-electron chi connectivity index (χ3n) is 7.30. The topological polar surface area (TPSA) is 117 Å². The number of hydrogen-bond acceptors (Lipinski definition) is 7. The van der Waals surface area contributed by atoms with Crippen molar-refractivity contribution in [1.82, 2.24) is 19.7 Å². The summed E-state index contributed by atoms with van der Waals surface area (Å²) < 4.78 is 45.3. The molecule has 1 aliphatic carbocycles. The highest BCUT2D eigenvalue weighted by Crippen LogP contribution is 2.30. The Hall–Kier alpha value is -3.05. The Labute approximate surface area is 215 Å². The number of sulfonamides is 1. The predicted octanol–water partition coefficient (Wildman–Crippen LogP) is 3.77. The number of aromatic nitrogens is 3. The van der Waals surface area contributed by atoms with E-state index in [1.54, 1.807) is 12.3 Å². The van der Waals surface area contributed by atoms with E-state index in [0.717, 1.165) is 50.2 Å². The summed E-state index contributed by atoms with van der Waals surface area (Å²) in [4.78, 5) is 26.8. The zero-order valence-electron chi connectivity index (χ0n) is 20.8. The minimum Gasteiger partial charge on any atom is -0.375 e. The number of nitrogens with zero attached hydrogens (tertiary/aromatic N) is 3. The third-order valence-corrected chi connectivity index (χ3v) is 8.57. The molecule has 198 valence electrons. The number of amides is 1. The zero-order valence-corrected chi connectivity index (χ0v) is 21.6. The molecule has 1 aromatic carbocycles. The number of benzene rings is 1. The van der Waals surface area contributed by atoms with Gasteiger partial charge in [-0.2, -0.15) is 0 Å². The van der Waals surface area contributed by atoms with Gasteiger partial charge in [0, 0.05) is 30.8 Å². The smallest absolute Gasteiger partial charge is 0.236 e. The molecule has 1 saturated heterocycles. The van der Waals surface area contributed by atoms with E-state index in [1.165, 1.54) is 19.1 Å². The van der Waals surface area contributed by atoms with Gasteiger partial charge in [0.25, 0.3) is 0 Å². The maximum atomic E-state index is 13.5. The van der Waals surface area contributed by atoms with Crippen molar-refractivity contribution in [2.75, 3.05) is 23.7 Å². The van der Waals surface area contributed by atoms with Crippen LogP contribution < -0.4 is 9.62 Å². The van der Waals surface area contributed by atoms with Crippen LogP contribution in [0, 0.1) is 11.7 Å². The largest absolute Gasteiger partial charge is 0.375 e. The molecule has 11 heteroatoms. The second-order valence-electron chi connectivity index (χ2n) is 9.82.